The Morgan fingerprint density at radius 2 is 2.24 bits per heavy atom. The third-order valence-electron chi connectivity index (χ3n) is 3.07. The van der Waals surface area contributed by atoms with Crippen LogP contribution in [0.3, 0.4) is 0 Å². The maximum atomic E-state index is 13.8. The first kappa shape index (κ1) is 14.0. The number of halogens is 2. The maximum Gasteiger partial charge on any atom is 0.270 e. The number of benzene rings is 1. The van der Waals surface area contributed by atoms with Gasteiger partial charge in [0.2, 0.25) is 0 Å². The molecule has 0 aliphatic rings. The molecular weight excluding hydrogens is 313 g/mol. The fraction of sp³-hybridized carbons (Fsp3) is 0.143. The normalized spacial score (nSPS) is 11.0. The van der Waals surface area contributed by atoms with Crippen LogP contribution in [0.4, 0.5) is 10.1 Å². The van der Waals surface area contributed by atoms with E-state index in [1.54, 1.807) is 12.1 Å². The smallest absolute Gasteiger partial charge is 0.270 e. The Bertz CT molecular complexity index is 799. The third kappa shape index (κ3) is 2.64. The van der Waals surface area contributed by atoms with Gasteiger partial charge in [0.1, 0.15) is 10.7 Å². The molecule has 2 aromatic heterocycles. The van der Waals surface area contributed by atoms with Gasteiger partial charge in [0.15, 0.2) is 5.82 Å². The van der Waals surface area contributed by atoms with E-state index >= 15 is 0 Å². The molecule has 0 aliphatic carbocycles. The average Bonchev–Trinajstić information content (AvgIpc) is 3.04. The third-order valence-corrected chi connectivity index (χ3v) is 4.46. The van der Waals surface area contributed by atoms with Crippen LogP contribution < -0.4 is 5.73 Å². The lowest BCUT2D eigenvalue weighted by molar-refractivity contribution is 0.424. The van der Waals surface area contributed by atoms with E-state index < -0.39 is 5.82 Å². The van der Waals surface area contributed by atoms with Crippen molar-refractivity contribution in [3.63, 3.8) is 0 Å². The first-order valence-corrected chi connectivity index (χ1v) is 7.41. The van der Waals surface area contributed by atoms with Crippen molar-refractivity contribution in [3.05, 3.63) is 51.4 Å². The Balaban J connectivity index is 1.89. The maximum absolute atomic E-state index is 13.8. The summed E-state index contributed by atoms with van der Waals surface area (Å²) in [6.07, 6.45) is 0.208. The molecule has 0 saturated carbocycles. The van der Waals surface area contributed by atoms with Crippen LogP contribution in [0.15, 0.2) is 28.1 Å². The Labute approximate surface area is 129 Å². The zero-order valence-corrected chi connectivity index (χ0v) is 12.6. The summed E-state index contributed by atoms with van der Waals surface area (Å²) in [5.41, 5.74) is 7.96. The van der Waals surface area contributed by atoms with Crippen LogP contribution in [0.5, 0.6) is 0 Å². The number of thiophene rings is 1. The van der Waals surface area contributed by atoms with E-state index in [0.29, 0.717) is 23.0 Å². The number of aromatic nitrogens is 2. The molecule has 0 saturated heterocycles. The van der Waals surface area contributed by atoms with Crippen molar-refractivity contribution in [2.45, 2.75) is 13.3 Å². The predicted octanol–water partition coefficient (Wildman–Crippen LogP) is 4.07. The second-order valence-electron chi connectivity index (χ2n) is 4.57. The molecule has 7 heteroatoms. The fourth-order valence-electron chi connectivity index (χ4n) is 1.89. The van der Waals surface area contributed by atoms with Crippen molar-refractivity contribution in [2.24, 2.45) is 0 Å². The van der Waals surface area contributed by atoms with Gasteiger partial charge in [0.25, 0.3) is 5.89 Å². The number of hydrogen-bond acceptors (Lipinski definition) is 5. The highest BCUT2D eigenvalue weighted by Gasteiger charge is 2.16. The van der Waals surface area contributed by atoms with Crippen LogP contribution in [0.25, 0.3) is 10.8 Å². The highest BCUT2D eigenvalue weighted by Crippen LogP contribution is 2.33. The Kier molecular flexibility index (Phi) is 3.65. The van der Waals surface area contributed by atoms with Crippen LogP contribution in [0, 0.1) is 12.7 Å². The molecule has 0 bridgehead atoms. The van der Waals surface area contributed by atoms with Crippen LogP contribution >= 0.6 is 22.9 Å². The quantitative estimate of drug-likeness (QED) is 0.789. The molecule has 3 aromatic rings. The molecule has 4 nitrogen and oxygen atoms in total. The average molecular weight is 324 g/mol. The van der Waals surface area contributed by atoms with Gasteiger partial charge in [-0.25, -0.2) is 4.39 Å². The number of hydrogen-bond donors (Lipinski definition) is 1. The molecule has 3 rings (SSSR count). The van der Waals surface area contributed by atoms with Crippen molar-refractivity contribution >= 4 is 28.6 Å². The van der Waals surface area contributed by atoms with Gasteiger partial charge in [-0.2, -0.15) is 4.98 Å². The molecule has 0 fully saturated rings. The molecule has 2 heterocycles. The van der Waals surface area contributed by atoms with E-state index in [0.717, 1.165) is 10.4 Å². The molecule has 0 spiro atoms. The monoisotopic (exact) mass is 323 g/mol. The topological polar surface area (TPSA) is 64.9 Å². The van der Waals surface area contributed by atoms with Crippen molar-refractivity contribution in [2.75, 3.05) is 5.73 Å². The van der Waals surface area contributed by atoms with Gasteiger partial charge >= 0.3 is 0 Å². The summed E-state index contributed by atoms with van der Waals surface area (Å²) >= 11 is 7.19. The lowest BCUT2D eigenvalue weighted by Crippen LogP contribution is -1.95. The van der Waals surface area contributed by atoms with Gasteiger partial charge in [-0.15, -0.1) is 11.3 Å². The van der Waals surface area contributed by atoms with E-state index in [2.05, 4.69) is 10.1 Å². The summed E-state index contributed by atoms with van der Waals surface area (Å²) in [6, 6.07) is 4.82. The highest BCUT2D eigenvalue weighted by atomic mass is 35.5. The fourth-order valence-corrected chi connectivity index (χ4v) is 2.98. The lowest BCUT2D eigenvalue weighted by atomic mass is 10.1. The van der Waals surface area contributed by atoms with E-state index in [1.807, 2.05) is 12.3 Å². The number of rotatable bonds is 3. The summed E-state index contributed by atoms with van der Waals surface area (Å²) in [5, 5.41) is 5.86. The van der Waals surface area contributed by atoms with Gasteiger partial charge in [-0.1, -0.05) is 28.9 Å². The largest absolute Gasteiger partial charge is 0.397 e. The van der Waals surface area contributed by atoms with Gasteiger partial charge in [-0.05, 0) is 29.5 Å². The van der Waals surface area contributed by atoms with E-state index in [9.17, 15) is 4.39 Å². The van der Waals surface area contributed by atoms with Gasteiger partial charge in [0.05, 0.1) is 10.7 Å². The van der Waals surface area contributed by atoms with Crippen molar-refractivity contribution < 1.29 is 8.91 Å². The summed E-state index contributed by atoms with van der Waals surface area (Å²) in [7, 11) is 0. The molecule has 21 heavy (non-hydrogen) atoms. The van der Waals surface area contributed by atoms with Gasteiger partial charge in [-0.3, -0.25) is 0 Å². The molecule has 1 aromatic carbocycles. The number of anilines is 1. The zero-order valence-electron chi connectivity index (χ0n) is 11.1. The van der Waals surface area contributed by atoms with E-state index in [1.165, 1.54) is 17.4 Å². The molecule has 108 valence electrons. The van der Waals surface area contributed by atoms with E-state index in [4.69, 9.17) is 21.9 Å². The molecule has 2 N–H and O–H groups in total. The number of nitrogen functional groups attached to an aromatic ring is 1. The minimum atomic E-state index is -0.461. The summed E-state index contributed by atoms with van der Waals surface area (Å²) in [6.45, 7) is 1.91. The predicted molar refractivity (Wildman–Crippen MR) is 81.0 cm³/mol. The number of nitrogens with two attached hydrogens (primary N) is 1. The van der Waals surface area contributed by atoms with Crippen LogP contribution in [0.1, 0.15) is 17.0 Å². The summed E-state index contributed by atoms with van der Waals surface area (Å²) in [5.74, 6) is 0.275. The minimum Gasteiger partial charge on any atom is -0.397 e. The molecule has 0 aliphatic heterocycles. The first-order chi connectivity index (χ1) is 10.1. The highest BCUT2D eigenvalue weighted by molar-refractivity contribution is 7.14. The second kappa shape index (κ2) is 5.46. The Hall–Kier alpha value is -1.92. The Morgan fingerprint density at radius 3 is 2.95 bits per heavy atom. The molecule has 0 radical (unpaired) electrons. The van der Waals surface area contributed by atoms with Gasteiger partial charge in [0, 0.05) is 6.42 Å². The SMILES string of the molecule is Cc1csc(-c2nc(Cc3cccc(Cl)c3F)no2)c1N. The first-order valence-electron chi connectivity index (χ1n) is 6.15. The second-order valence-corrected chi connectivity index (χ2v) is 5.85. The molecule has 0 atom stereocenters. The van der Waals surface area contributed by atoms with Gasteiger partial charge < -0.3 is 10.3 Å². The van der Waals surface area contributed by atoms with Crippen LogP contribution in [-0.4, -0.2) is 10.1 Å². The number of aryl methyl sites for hydroxylation is 1. The van der Waals surface area contributed by atoms with Crippen molar-refractivity contribution in [3.8, 4) is 10.8 Å². The molecular formula is C14H11ClFN3OS. The standard InChI is InChI=1S/C14H11ClFN3OS/c1-7-6-21-13(12(7)17)14-18-10(19-20-14)5-8-3-2-4-9(15)11(8)16/h2-4,6H,5,17H2,1H3. The summed E-state index contributed by atoms with van der Waals surface area (Å²) < 4.78 is 19.0. The molecule has 0 unspecified atom stereocenters. The summed E-state index contributed by atoms with van der Waals surface area (Å²) in [4.78, 5) is 5.00. The number of nitrogens with zero attached hydrogens (tertiary/aromatic N) is 2. The van der Waals surface area contributed by atoms with Crippen LogP contribution in [0.2, 0.25) is 5.02 Å². The van der Waals surface area contributed by atoms with Crippen molar-refractivity contribution in [1.29, 1.82) is 0 Å². The molecule has 0 amide bonds. The Morgan fingerprint density at radius 1 is 1.43 bits per heavy atom. The zero-order chi connectivity index (χ0) is 15.0. The lowest BCUT2D eigenvalue weighted by Gasteiger charge is -2.00. The van der Waals surface area contributed by atoms with E-state index in [-0.39, 0.29) is 11.4 Å². The minimum absolute atomic E-state index is 0.0781. The van der Waals surface area contributed by atoms with Crippen LogP contribution in [-0.2, 0) is 6.42 Å². The van der Waals surface area contributed by atoms with Crippen molar-refractivity contribution in [1.82, 2.24) is 10.1 Å².